The first-order valence-electron chi connectivity index (χ1n) is 13.1. The van der Waals surface area contributed by atoms with Crippen molar-refractivity contribution in [1.29, 1.82) is 0 Å². The van der Waals surface area contributed by atoms with Crippen LogP contribution in [0.5, 0.6) is 0 Å². The number of hydrogen-bond donors (Lipinski definition) is 2. The van der Waals surface area contributed by atoms with Crippen LogP contribution in [0.15, 0.2) is 58.8 Å². The number of hydrogen-bond acceptors (Lipinski definition) is 7. The van der Waals surface area contributed by atoms with Crippen molar-refractivity contribution in [2.75, 3.05) is 0 Å². The van der Waals surface area contributed by atoms with E-state index < -0.39 is 17.0 Å². The van der Waals surface area contributed by atoms with E-state index in [4.69, 9.17) is 5.10 Å². The summed E-state index contributed by atoms with van der Waals surface area (Å²) in [4.78, 5) is 16.2. The van der Waals surface area contributed by atoms with Crippen molar-refractivity contribution in [3.8, 4) is 16.4 Å². The van der Waals surface area contributed by atoms with E-state index in [0.717, 1.165) is 34.5 Å². The lowest BCUT2D eigenvalue weighted by Gasteiger charge is -2.12. The van der Waals surface area contributed by atoms with Gasteiger partial charge in [-0.05, 0) is 73.3 Å². The van der Waals surface area contributed by atoms with Crippen LogP contribution in [-0.4, -0.2) is 30.4 Å². The topological polar surface area (TPSA) is 143 Å². The number of benzene rings is 2. The molecule has 2 fully saturated rings. The van der Waals surface area contributed by atoms with Crippen LogP contribution in [0, 0.1) is 5.92 Å². The van der Waals surface area contributed by atoms with Gasteiger partial charge in [0.25, 0.3) is 0 Å². The maximum Gasteiger partial charge on any atom is 0.355 e. The van der Waals surface area contributed by atoms with Crippen LogP contribution in [-0.2, 0) is 28.1 Å². The van der Waals surface area contributed by atoms with Gasteiger partial charge in [0.1, 0.15) is 0 Å². The van der Waals surface area contributed by atoms with E-state index >= 15 is 0 Å². The molecule has 2 aliphatic carbocycles. The van der Waals surface area contributed by atoms with Gasteiger partial charge in [-0.2, -0.15) is 5.10 Å². The predicted octanol–water partition coefficient (Wildman–Crippen LogP) is 6.24. The second-order valence-electron chi connectivity index (χ2n) is 10.4. The van der Waals surface area contributed by atoms with Crippen molar-refractivity contribution in [2.45, 2.75) is 62.2 Å². The number of rotatable bonds is 9. The molecule has 204 valence electrons. The zero-order valence-corrected chi connectivity index (χ0v) is 23.3. The monoisotopic (exact) mass is 564 g/mol. The average Bonchev–Trinajstić information content (AvgIpc) is 3.28. The highest BCUT2D eigenvalue weighted by Gasteiger charge is 2.29. The number of aromatic nitrogens is 3. The Hall–Kier alpha value is -3.18. The Morgan fingerprint density at radius 1 is 1.10 bits per heavy atom. The predicted molar refractivity (Wildman–Crippen MR) is 152 cm³/mol. The fraction of sp³-hybridized carbons (Fsp3) is 0.345. The molecule has 0 radical (unpaired) electrons. The van der Waals surface area contributed by atoms with Crippen molar-refractivity contribution in [1.82, 2.24) is 20.9 Å². The molecule has 2 aromatic carbocycles. The molecule has 2 aromatic heterocycles. The molecule has 0 bridgehead atoms. The average molecular weight is 565 g/mol. The fourth-order valence-corrected chi connectivity index (χ4v) is 6.63. The van der Waals surface area contributed by atoms with Crippen LogP contribution in [0.25, 0.3) is 16.4 Å². The largest absolute Gasteiger partial charge is 0.612 e. The summed E-state index contributed by atoms with van der Waals surface area (Å²) in [6, 6.07) is 15.7. The molecule has 0 spiro atoms. The molecular weight excluding hydrogens is 532 g/mol. The van der Waals surface area contributed by atoms with Gasteiger partial charge in [-0.1, -0.05) is 43.2 Å². The van der Waals surface area contributed by atoms with Crippen LogP contribution in [0.2, 0.25) is 0 Å². The standard InChI is InChI=1S/C29H29N3O4S2.H3N/c33-28(34)25-17-37-29(30-25)32-26(15-19-8-9-19)24(14-18-10-12-23(13-11-18)38(35)36)27(31-32)22-7-3-6-21(16-22)20-4-1-2-5-20;/h3,6-7,10-13,16-17,19-20,38H,1-2,4-5,8-9,14-15H2,(H-,33,34,35,36);1H3. The third kappa shape index (κ3) is 5.89. The summed E-state index contributed by atoms with van der Waals surface area (Å²) >= 11 is -1.34. The molecule has 0 saturated heterocycles. The maximum absolute atomic E-state index is 11.6. The summed E-state index contributed by atoms with van der Waals surface area (Å²) in [5.74, 6) is 0.0997. The Kier molecular flexibility index (Phi) is 8.08. The molecule has 2 aliphatic rings. The molecular formula is C29H32N4O4S2. The van der Waals surface area contributed by atoms with Gasteiger partial charge < -0.3 is 15.8 Å². The highest BCUT2D eigenvalue weighted by Crippen LogP contribution is 2.40. The van der Waals surface area contributed by atoms with E-state index in [9.17, 15) is 18.7 Å². The molecule has 4 aromatic rings. The zero-order chi connectivity index (χ0) is 26.2. The van der Waals surface area contributed by atoms with Crippen molar-refractivity contribution < 1.29 is 18.7 Å². The number of thiol groups is 1. The molecule has 6 rings (SSSR count). The van der Waals surface area contributed by atoms with Crippen LogP contribution >= 0.6 is 11.3 Å². The Morgan fingerprint density at radius 3 is 2.49 bits per heavy atom. The van der Waals surface area contributed by atoms with E-state index in [1.54, 1.807) is 17.5 Å². The Bertz CT molecular complexity index is 1500. The zero-order valence-electron chi connectivity index (χ0n) is 21.6. The number of carbonyl (C=O) groups is 1. The van der Waals surface area contributed by atoms with E-state index in [1.807, 2.05) is 16.8 Å². The molecule has 1 unspecified atom stereocenters. The number of carboxylic acids is 1. The Labute approximate surface area is 234 Å². The molecule has 1 atom stereocenters. The summed E-state index contributed by atoms with van der Waals surface area (Å²) in [6.45, 7) is 0. The minimum atomic E-state index is -2.63. The lowest BCUT2D eigenvalue weighted by atomic mass is 9.92. The smallest absolute Gasteiger partial charge is 0.355 e. The van der Waals surface area contributed by atoms with Gasteiger partial charge in [0.2, 0.25) is 5.13 Å². The first-order valence-corrected chi connectivity index (χ1v) is 15.2. The molecule has 2 saturated carbocycles. The minimum Gasteiger partial charge on any atom is -0.612 e. The van der Waals surface area contributed by atoms with Crippen molar-refractivity contribution in [2.24, 2.45) is 5.92 Å². The van der Waals surface area contributed by atoms with Crippen LogP contribution < -0.4 is 6.15 Å². The first-order chi connectivity index (χ1) is 18.5. The summed E-state index contributed by atoms with van der Waals surface area (Å²) in [6.07, 6.45) is 8.73. The minimum absolute atomic E-state index is 0. The van der Waals surface area contributed by atoms with Crippen LogP contribution in [0.4, 0.5) is 0 Å². The quantitative estimate of drug-likeness (QED) is 0.181. The Balaban J connectivity index is 0.00000308. The van der Waals surface area contributed by atoms with Crippen LogP contribution in [0.3, 0.4) is 0 Å². The van der Waals surface area contributed by atoms with Crippen molar-refractivity contribution in [3.05, 3.63) is 82.0 Å². The fourth-order valence-electron chi connectivity index (χ4n) is 5.46. The maximum atomic E-state index is 11.6. The third-order valence-corrected chi connectivity index (χ3v) is 9.21. The van der Waals surface area contributed by atoms with Crippen molar-refractivity contribution >= 4 is 28.4 Å². The summed E-state index contributed by atoms with van der Waals surface area (Å²) < 4.78 is 24.7. The van der Waals surface area contributed by atoms with Gasteiger partial charge in [0.15, 0.2) is 10.6 Å². The number of aromatic carboxylic acids is 1. The molecule has 0 amide bonds. The SMILES string of the molecule is N.O=C(O)c1csc(-n2nc(-c3cccc(C4CCCC4)c3)c(Cc3ccc([SH+](=O)[O-])cc3)c2CC2CC2)n1. The van der Waals surface area contributed by atoms with Gasteiger partial charge in [-0.25, -0.2) is 14.5 Å². The first kappa shape index (κ1) is 27.4. The molecule has 2 heterocycles. The molecule has 10 heteroatoms. The molecule has 8 nitrogen and oxygen atoms in total. The van der Waals surface area contributed by atoms with Crippen molar-refractivity contribution in [3.63, 3.8) is 0 Å². The van der Waals surface area contributed by atoms with Gasteiger partial charge in [-0.15, -0.1) is 15.5 Å². The summed E-state index contributed by atoms with van der Waals surface area (Å²) in [5, 5.41) is 16.7. The van der Waals surface area contributed by atoms with Gasteiger partial charge in [-0.3, -0.25) is 0 Å². The second-order valence-corrected chi connectivity index (χ2v) is 12.2. The van der Waals surface area contributed by atoms with Gasteiger partial charge >= 0.3 is 5.97 Å². The molecule has 4 N–H and O–H groups in total. The lowest BCUT2D eigenvalue weighted by Crippen LogP contribution is -2.06. The Morgan fingerprint density at radius 2 is 1.85 bits per heavy atom. The van der Waals surface area contributed by atoms with Crippen LogP contribution in [0.1, 0.15) is 77.3 Å². The summed E-state index contributed by atoms with van der Waals surface area (Å²) in [5.41, 5.74) is 6.44. The number of nitrogens with zero attached hydrogens (tertiary/aromatic N) is 3. The highest BCUT2D eigenvalue weighted by atomic mass is 32.2. The second kappa shape index (κ2) is 11.5. The molecule has 0 aliphatic heterocycles. The van der Waals surface area contributed by atoms with E-state index in [1.165, 1.54) is 55.4 Å². The lowest BCUT2D eigenvalue weighted by molar-refractivity contribution is 0.0691. The number of thiazole rings is 1. The molecule has 39 heavy (non-hydrogen) atoms. The summed E-state index contributed by atoms with van der Waals surface area (Å²) in [7, 11) is 0. The van der Waals surface area contributed by atoms with E-state index in [2.05, 4.69) is 29.2 Å². The van der Waals surface area contributed by atoms with Gasteiger partial charge in [0, 0.05) is 22.9 Å². The third-order valence-electron chi connectivity index (χ3n) is 7.68. The number of carboxylic acid groups (broad SMARTS) is 1. The normalized spacial score (nSPS) is 16.2. The van der Waals surface area contributed by atoms with Gasteiger partial charge in [0.05, 0.1) is 22.5 Å². The van der Waals surface area contributed by atoms with E-state index in [0.29, 0.717) is 28.3 Å². The highest BCUT2D eigenvalue weighted by molar-refractivity contribution is 7.79. The van der Waals surface area contributed by atoms with E-state index in [-0.39, 0.29) is 11.8 Å².